The first kappa shape index (κ1) is 12.9. The molecule has 0 saturated heterocycles. The summed E-state index contributed by atoms with van der Waals surface area (Å²) in [4.78, 5) is 3.45. The fraction of sp³-hybridized carbons (Fsp3) is 0.222. The Kier molecular flexibility index (Phi) is 3.57. The Labute approximate surface area is 119 Å². The second-order valence-corrected chi connectivity index (χ2v) is 5.34. The molecule has 0 amide bonds. The van der Waals surface area contributed by atoms with Crippen LogP contribution in [-0.4, -0.2) is 4.98 Å². The SMILES string of the molecule is Cc1[nH]c2cc(CNCc3ccccc3)ccc2c1C. The highest BCUT2D eigenvalue weighted by Gasteiger charge is 2.04. The van der Waals surface area contributed by atoms with Gasteiger partial charge < -0.3 is 10.3 Å². The number of benzene rings is 2. The smallest absolute Gasteiger partial charge is 0.0462 e. The molecule has 102 valence electrons. The molecule has 0 unspecified atom stereocenters. The van der Waals surface area contributed by atoms with E-state index < -0.39 is 0 Å². The maximum Gasteiger partial charge on any atom is 0.0462 e. The van der Waals surface area contributed by atoms with E-state index in [1.165, 1.54) is 33.3 Å². The highest BCUT2D eigenvalue weighted by Crippen LogP contribution is 2.22. The molecule has 0 bridgehead atoms. The zero-order valence-electron chi connectivity index (χ0n) is 12.0. The predicted molar refractivity (Wildman–Crippen MR) is 84.8 cm³/mol. The van der Waals surface area contributed by atoms with Gasteiger partial charge in [-0.15, -0.1) is 0 Å². The van der Waals surface area contributed by atoms with Gasteiger partial charge in [0.1, 0.15) is 0 Å². The summed E-state index contributed by atoms with van der Waals surface area (Å²) in [5.74, 6) is 0. The summed E-state index contributed by atoms with van der Waals surface area (Å²) in [6.45, 7) is 6.09. The number of aromatic amines is 1. The molecule has 0 aliphatic rings. The third-order valence-electron chi connectivity index (χ3n) is 3.87. The number of hydrogen-bond donors (Lipinski definition) is 2. The van der Waals surface area contributed by atoms with Crippen LogP contribution in [0.5, 0.6) is 0 Å². The predicted octanol–water partition coefficient (Wildman–Crippen LogP) is 4.07. The lowest BCUT2D eigenvalue weighted by Crippen LogP contribution is -2.12. The molecule has 0 radical (unpaired) electrons. The molecule has 1 aromatic heterocycles. The van der Waals surface area contributed by atoms with E-state index in [1.807, 2.05) is 6.07 Å². The molecule has 2 N–H and O–H groups in total. The molecule has 2 nitrogen and oxygen atoms in total. The van der Waals surface area contributed by atoms with Gasteiger partial charge >= 0.3 is 0 Å². The Bertz CT molecular complexity index is 711. The van der Waals surface area contributed by atoms with Crippen LogP contribution in [0, 0.1) is 13.8 Å². The van der Waals surface area contributed by atoms with Gasteiger partial charge in [0.2, 0.25) is 0 Å². The van der Waals surface area contributed by atoms with Crippen molar-refractivity contribution in [2.75, 3.05) is 0 Å². The molecule has 0 aliphatic carbocycles. The third-order valence-corrected chi connectivity index (χ3v) is 3.87. The minimum atomic E-state index is 0.891. The van der Waals surface area contributed by atoms with Crippen LogP contribution in [0.15, 0.2) is 48.5 Å². The minimum Gasteiger partial charge on any atom is -0.358 e. The minimum absolute atomic E-state index is 0.891. The maximum absolute atomic E-state index is 3.49. The lowest BCUT2D eigenvalue weighted by atomic mass is 10.1. The summed E-state index contributed by atoms with van der Waals surface area (Å²) in [5.41, 5.74) is 6.48. The quantitative estimate of drug-likeness (QED) is 0.730. The number of fused-ring (bicyclic) bond motifs is 1. The topological polar surface area (TPSA) is 27.8 Å². The summed E-state index contributed by atoms with van der Waals surface area (Å²) in [7, 11) is 0. The molecular weight excluding hydrogens is 244 g/mol. The Balaban J connectivity index is 1.69. The van der Waals surface area contributed by atoms with Gasteiger partial charge in [-0.3, -0.25) is 0 Å². The van der Waals surface area contributed by atoms with E-state index in [0.29, 0.717) is 0 Å². The molecule has 0 aliphatic heterocycles. The Hall–Kier alpha value is -2.06. The largest absolute Gasteiger partial charge is 0.358 e. The van der Waals surface area contributed by atoms with Gasteiger partial charge in [-0.1, -0.05) is 42.5 Å². The fourth-order valence-corrected chi connectivity index (χ4v) is 2.58. The van der Waals surface area contributed by atoms with Crippen LogP contribution in [0.4, 0.5) is 0 Å². The van der Waals surface area contributed by atoms with Gasteiger partial charge in [0.15, 0.2) is 0 Å². The Morgan fingerprint density at radius 3 is 2.45 bits per heavy atom. The first-order valence-electron chi connectivity index (χ1n) is 7.06. The van der Waals surface area contributed by atoms with E-state index in [0.717, 1.165) is 13.1 Å². The van der Waals surface area contributed by atoms with Gasteiger partial charge in [-0.05, 0) is 36.6 Å². The van der Waals surface area contributed by atoms with E-state index in [9.17, 15) is 0 Å². The number of rotatable bonds is 4. The van der Waals surface area contributed by atoms with Gasteiger partial charge in [0.25, 0.3) is 0 Å². The summed E-state index contributed by atoms with van der Waals surface area (Å²) in [5, 5.41) is 4.82. The number of hydrogen-bond acceptors (Lipinski definition) is 1. The van der Waals surface area contributed by atoms with E-state index in [1.54, 1.807) is 0 Å². The number of aryl methyl sites for hydroxylation is 2. The summed E-state index contributed by atoms with van der Waals surface area (Å²) >= 11 is 0. The molecule has 3 rings (SSSR count). The molecule has 0 spiro atoms. The highest BCUT2D eigenvalue weighted by atomic mass is 14.8. The van der Waals surface area contributed by atoms with Crippen molar-refractivity contribution in [2.45, 2.75) is 26.9 Å². The maximum atomic E-state index is 3.49. The first-order chi connectivity index (χ1) is 9.74. The van der Waals surface area contributed by atoms with Gasteiger partial charge in [-0.2, -0.15) is 0 Å². The van der Waals surface area contributed by atoms with Crippen molar-refractivity contribution in [3.05, 3.63) is 70.9 Å². The molecule has 3 aromatic rings. The van der Waals surface area contributed by atoms with Crippen LogP contribution in [0.3, 0.4) is 0 Å². The Morgan fingerprint density at radius 2 is 1.65 bits per heavy atom. The zero-order valence-corrected chi connectivity index (χ0v) is 12.0. The van der Waals surface area contributed by atoms with Crippen LogP contribution >= 0.6 is 0 Å². The zero-order chi connectivity index (χ0) is 13.9. The molecule has 20 heavy (non-hydrogen) atoms. The van der Waals surface area contributed by atoms with Crippen molar-refractivity contribution >= 4 is 10.9 Å². The van der Waals surface area contributed by atoms with Crippen molar-refractivity contribution in [3.8, 4) is 0 Å². The van der Waals surface area contributed by atoms with Crippen LogP contribution in [0.2, 0.25) is 0 Å². The first-order valence-corrected chi connectivity index (χ1v) is 7.06. The summed E-state index contributed by atoms with van der Waals surface area (Å²) in [6.07, 6.45) is 0. The number of aromatic nitrogens is 1. The lowest BCUT2D eigenvalue weighted by Gasteiger charge is -2.05. The van der Waals surface area contributed by atoms with Gasteiger partial charge in [0.05, 0.1) is 0 Å². The second-order valence-electron chi connectivity index (χ2n) is 5.34. The molecule has 2 heteroatoms. The van der Waals surface area contributed by atoms with Crippen molar-refractivity contribution in [3.63, 3.8) is 0 Å². The van der Waals surface area contributed by atoms with E-state index in [4.69, 9.17) is 0 Å². The monoisotopic (exact) mass is 264 g/mol. The van der Waals surface area contributed by atoms with Crippen molar-refractivity contribution in [1.82, 2.24) is 10.3 Å². The molecule has 2 aromatic carbocycles. The van der Waals surface area contributed by atoms with Crippen molar-refractivity contribution in [2.24, 2.45) is 0 Å². The molecule has 0 saturated carbocycles. The molecule has 0 fully saturated rings. The van der Waals surface area contributed by atoms with Crippen LogP contribution < -0.4 is 5.32 Å². The van der Waals surface area contributed by atoms with Crippen molar-refractivity contribution < 1.29 is 0 Å². The normalized spacial score (nSPS) is 11.1. The number of H-pyrrole nitrogens is 1. The van der Waals surface area contributed by atoms with Crippen LogP contribution in [0.1, 0.15) is 22.4 Å². The average Bonchev–Trinajstić information content (AvgIpc) is 2.75. The van der Waals surface area contributed by atoms with Gasteiger partial charge in [-0.25, -0.2) is 0 Å². The standard InChI is InChI=1S/C18H20N2/c1-13-14(2)20-18-10-16(8-9-17(13)18)12-19-11-15-6-4-3-5-7-15/h3-10,19-20H,11-12H2,1-2H3. The van der Waals surface area contributed by atoms with Crippen molar-refractivity contribution in [1.29, 1.82) is 0 Å². The van der Waals surface area contributed by atoms with Crippen LogP contribution in [-0.2, 0) is 13.1 Å². The lowest BCUT2D eigenvalue weighted by molar-refractivity contribution is 0.694. The van der Waals surface area contributed by atoms with E-state index in [-0.39, 0.29) is 0 Å². The highest BCUT2D eigenvalue weighted by molar-refractivity contribution is 5.84. The van der Waals surface area contributed by atoms with Gasteiger partial charge in [0, 0.05) is 29.7 Å². The molecule has 1 heterocycles. The summed E-state index contributed by atoms with van der Waals surface area (Å²) < 4.78 is 0. The fourth-order valence-electron chi connectivity index (χ4n) is 2.58. The second kappa shape index (κ2) is 5.51. The molecular formula is C18H20N2. The third kappa shape index (κ3) is 2.61. The molecule has 0 atom stereocenters. The summed E-state index contributed by atoms with van der Waals surface area (Å²) in [6, 6.07) is 17.2. The average molecular weight is 264 g/mol. The van der Waals surface area contributed by atoms with Crippen LogP contribution in [0.25, 0.3) is 10.9 Å². The Morgan fingerprint density at radius 1 is 0.900 bits per heavy atom. The van der Waals surface area contributed by atoms with E-state index in [2.05, 4.69) is 66.6 Å². The number of nitrogens with one attached hydrogen (secondary N) is 2. The van der Waals surface area contributed by atoms with E-state index >= 15 is 0 Å².